The van der Waals surface area contributed by atoms with E-state index in [-0.39, 0.29) is 12.1 Å². The Hall–Kier alpha value is -3.66. The number of fused-ring (bicyclic) bond motifs is 1. The molecule has 29 heavy (non-hydrogen) atoms. The zero-order chi connectivity index (χ0) is 21.3. The molecule has 0 spiro atoms. The lowest BCUT2D eigenvalue weighted by molar-refractivity contribution is 0.0692. The number of hydrogen-bond donors (Lipinski definition) is 1. The molecule has 2 aromatic carbocycles. The highest BCUT2D eigenvalue weighted by Crippen LogP contribution is 2.23. The maximum Gasteiger partial charge on any atom is 0.338 e. The number of nitrogens with zero attached hydrogens (tertiary/aromatic N) is 3. The van der Waals surface area contributed by atoms with Crippen molar-refractivity contribution in [1.82, 2.24) is 9.55 Å². The second-order valence-electron chi connectivity index (χ2n) is 6.85. The lowest BCUT2D eigenvalue weighted by Crippen LogP contribution is -2.25. The molecular weight excluding hydrogens is 373 g/mol. The Labute approximate surface area is 167 Å². The molecule has 3 aromatic rings. The molecule has 0 bridgehead atoms. The monoisotopic (exact) mass is 393 g/mol. The third kappa shape index (κ3) is 3.83. The predicted molar refractivity (Wildman–Crippen MR) is 110 cm³/mol. The van der Waals surface area contributed by atoms with Crippen LogP contribution in [-0.4, -0.2) is 27.2 Å². The molecule has 0 saturated heterocycles. The van der Waals surface area contributed by atoms with Gasteiger partial charge in [0, 0.05) is 19.3 Å². The SMILES string of the molecule is C#CCN(Cc1cc2c(=O)n(C)c(C)nc2cc1C)c1ccc(C(=O)O)c(F)c1. The van der Waals surface area contributed by atoms with Crippen molar-refractivity contribution in [2.75, 3.05) is 11.4 Å². The van der Waals surface area contributed by atoms with Crippen LogP contribution in [0.2, 0.25) is 0 Å². The summed E-state index contributed by atoms with van der Waals surface area (Å²) in [6.45, 7) is 4.20. The normalized spacial score (nSPS) is 10.7. The van der Waals surface area contributed by atoms with Crippen molar-refractivity contribution >= 4 is 22.6 Å². The third-order valence-electron chi connectivity index (χ3n) is 4.95. The zero-order valence-electron chi connectivity index (χ0n) is 16.4. The van der Waals surface area contributed by atoms with Gasteiger partial charge in [-0.2, -0.15) is 0 Å². The van der Waals surface area contributed by atoms with Crippen LogP contribution >= 0.6 is 0 Å². The van der Waals surface area contributed by atoms with Crippen molar-refractivity contribution < 1.29 is 14.3 Å². The zero-order valence-corrected chi connectivity index (χ0v) is 16.4. The van der Waals surface area contributed by atoms with E-state index in [0.29, 0.717) is 29.0 Å². The first-order valence-electron chi connectivity index (χ1n) is 8.91. The van der Waals surface area contributed by atoms with E-state index in [0.717, 1.165) is 17.2 Å². The predicted octanol–water partition coefficient (Wildman–Crippen LogP) is 3.03. The average Bonchev–Trinajstić information content (AvgIpc) is 2.66. The van der Waals surface area contributed by atoms with Gasteiger partial charge >= 0.3 is 5.97 Å². The molecule has 1 aromatic heterocycles. The van der Waals surface area contributed by atoms with Crippen LogP contribution in [0.15, 0.2) is 35.1 Å². The van der Waals surface area contributed by atoms with E-state index in [4.69, 9.17) is 11.5 Å². The highest BCUT2D eigenvalue weighted by molar-refractivity contribution is 5.88. The molecule has 3 rings (SSSR count). The van der Waals surface area contributed by atoms with Crippen molar-refractivity contribution in [3.05, 3.63) is 69.0 Å². The van der Waals surface area contributed by atoms with Crippen molar-refractivity contribution in [3.63, 3.8) is 0 Å². The van der Waals surface area contributed by atoms with Crippen LogP contribution in [0, 0.1) is 32.0 Å². The molecular formula is C22H20FN3O3. The van der Waals surface area contributed by atoms with Crippen LogP contribution in [0.25, 0.3) is 10.9 Å². The number of benzene rings is 2. The van der Waals surface area contributed by atoms with Gasteiger partial charge in [-0.1, -0.05) is 5.92 Å². The van der Waals surface area contributed by atoms with Gasteiger partial charge < -0.3 is 10.0 Å². The van der Waals surface area contributed by atoms with Crippen LogP contribution in [-0.2, 0) is 13.6 Å². The minimum atomic E-state index is -1.33. The van der Waals surface area contributed by atoms with Gasteiger partial charge in [0.25, 0.3) is 5.56 Å². The molecule has 6 nitrogen and oxygen atoms in total. The largest absolute Gasteiger partial charge is 0.478 e. The van der Waals surface area contributed by atoms with E-state index in [9.17, 15) is 14.0 Å². The fourth-order valence-electron chi connectivity index (χ4n) is 3.18. The summed E-state index contributed by atoms with van der Waals surface area (Å²) < 4.78 is 15.6. The van der Waals surface area contributed by atoms with Gasteiger partial charge in [-0.25, -0.2) is 14.2 Å². The van der Waals surface area contributed by atoms with Crippen LogP contribution in [0.3, 0.4) is 0 Å². The van der Waals surface area contributed by atoms with Crippen LogP contribution < -0.4 is 10.5 Å². The van der Waals surface area contributed by atoms with Gasteiger partial charge in [-0.3, -0.25) is 9.36 Å². The molecule has 148 valence electrons. The number of rotatable bonds is 5. The van der Waals surface area contributed by atoms with Gasteiger partial charge in [0.1, 0.15) is 11.6 Å². The first-order chi connectivity index (χ1) is 13.7. The Bertz CT molecular complexity index is 1220. The van der Waals surface area contributed by atoms with Crippen LogP contribution in [0.4, 0.5) is 10.1 Å². The van der Waals surface area contributed by atoms with E-state index >= 15 is 0 Å². The second-order valence-corrected chi connectivity index (χ2v) is 6.85. The Balaban J connectivity index is 2.05. The lowest BCUT2D eigenvalue weighted by Gasteiger charge is -2.24. The van der Waals surface area contributed by atoms with E-state index < -0.39 is 17.3 Å². The number of aryl methyl sites for hydroxylation is 2. The molecule has 0 aliphatic carbocycles. The number of anilines is 1. The summed E-state index contributed by atoms with van der Waals surface area (Å²) in [6.07, 6.45) is 5.48. The maximum atomic E-state index is 14.2. The molecule has 0 saturated carbocycles. The Kier molecular flexibility index (Phi) is 5.37. The topological polar surface area (TPSA) is 75.4 Å². The van der Waals surface area contributed by atoms with Gasteiger partial charge in [0.2, 0.25) is 0 Å². The quantitative estimate of drug-likeness (QED) is 0.675. The summed E-state index contributed by atoms with van der Waals surface area (Å²) in [5.74, 6) is 0.995. The smallest absolute Gasteiger partial charge is 0.338 e. The van der Waals surface area contributed by atoms with Crippen molar-refractivity contribution in [2.24, 2.45) is 7.05 Å². The Morgan fingerprint density at radius 3 is 2.66 bits per heavy atom. The molecule has 1 N–H and O–H groups in total. The fourth-order valence-corrected chi connectivity index (χ4v) is 3.18. The minimum Gasteiger partial charge on any atom is -0.478 e. The standard InChI is InChI=1S/C22H20FN3O3/c1-5-8-26(16-6-7-17(22(28)29)19(23)11-16)12-15-10-18-20(9-13(15)2)24-14(3)25(4)21(18)27/h1,6-7,9-11H,8,12H2,2-4H3,(H,28,29). The number of aromatic carboxylic acids is 1. The molecule has 0 fully saturated rings. The van der Waals surface area contributed by atoms with Crippen LogP contribution in [0.1, 0.15) is 27.3 Å². The molecule has 0 atom stereocenters. The molecule has 0 aliphatic heterocycles. The van der Waals surface area contributed by atoms with E-state index in [1.54, 1.807) is 24.9 Å². The number of halogens is 1. The molecule has 0 amide bonds. The van der Waals surface area contributed by atoms with Crippen molar-refractivity contribution in [2.45, 2.75) is 20.4 Å². The van der Waals surface area contributed by atoms with Gasteiger partial charge in [-0.05, 0) is 55.3 Å². The number of hydrogen-bond acceptors (Lipinski definition) is 4. The minimum absolute atomic E-state index is 0.144. The first kappa shape index (κ1) is 20.1. The Morgan fingerprint density at radius 2 is 2.03 bits per heavy atom. The number of carboxylic acids is 1. The maximum absolute atomic E-state index is 14.2. The third-order valence-corrected chi connectivity index (χ3v) is 4.95. The molecule has 1 heterocycles. The van der Waals surface area contributed by atoms with Crippen molar-refractivity contribution in [3.8, 4) is 12.3 Å². The second kappa shape index (κ2) is 7.76. The van der Waals surface area contributed by atoms with E-state index in [1.807, 2.05) is 13.0 Å². The lowest BCUT2D eigenvalue weighted by atomic mass is 10.0. The Morgan fingerprint density at radius 1 is 1.31 bits per heavy atom. The molecule has 7 heteroatoms. The number of carboxylic acid groups (broad SMARTS) is 1. The fraction of sp³-hybridized carbons (Fsp3) is 0.227. The van der Waals surface area contributed by atoms with Gasteiger partial charge in [0.05, 0.1) is 23.0 Å². The molecule has 0 aliphatic rings. The summed E-state index contributed by atoms with van der Waals surface area (Å²) in [5.41, 5.74) is 2.29. The van der Waals surface area contributed by atoms with Gasteiger partial charge in [-0.15, -0.1) is 6.42 Å². The molecule has 0 unspecified atom stereocenters. The van der Waals surface area contributed by atoms with Gasteiger partial charge in [0.15, 0.2) is 0 Å². The number of terminal acetylenes is 1. The van der Waals surface area contributed by atoms with Crippen LogP contribution in [0.5, 0.6) is 0 Å². The highest BCUT2D eigenvalue weighted by atomic mass is 19.1. The summed E-state index contributed by atoms with van der Waals surface area (Å²) in [6, 6.07) is 7.52. The first-order valence-corrected chi connectivity index (χ1v) is 8.91. The average molecular weight is 393 g/mol. The molecule has 0 radical (unpaired) electrons. The number of aromatic nitrogens is 2. The summed E-state index contributed by atoms with van der Waals surface area (Å²) in [4.78, 5) is 29.9. The summed E-state index contributed by atoms with van der Waals surface area (Å²) in [5, 5.41) is 9.51. The van der Waals surface area contributed by atoms with Crippen molar-refractivity contribution in [1.29, 1.82) is 0 Å². The highest BCUT2D eigenvalue weighted by Gasteiger charge is 2.16. The summed E-state index contributed by atoms with van der Waals surface area (Å²) in [7, 11) is 1.67. The van der Waals surface area contributed by atoms with E-state index in [2.05, 4.69) is 10.9 Å². The number of carbonyl (C=O) groups is 1. The summed E-state index contributed by atoms with van der Waals surface area (Å²) >= 11 is 0. The van der Waals surface area contributed by atoms with E-state index in [1.165, 1.54) is 16.7 Å².